The van der Waals surface area contributed by atoms with Gasteiger partial charge in [-0.25, -0.2) is 0 Å². The molecule has 6 heteroatoms. The minimum Gasteiger partial charge on any atom is -0.366 e. The van der Waals surface area contributed by atoms with Gasteiger partial charge in [-0.15, -0.1) is 6.58 Å². The minimum absolute atomic E-state index is 0.547. The van der Waals surface area contributed by atoms with Crippen LogP contribution in [0.4, 0.5) is 17.6 Å². The van der Waals surface area contributed by atoms with E-state index in [1.807, 2.05) is 33.0 Å². The van der Waals surface area contributed by atoms with Crippen LogP contribution in [0.25, 0.3) is 0 Å². The summed E-state index contributed by atoms with van der Waals surface area (Å²) in [5.41, 5.74) is 3.44. The quantitative estimate of drug-likeness (QED) is 0.436. The lowest BCUT2D eigenvalue weighted by Crippen LogP contribution is -2.17. The summed E-state index contributed by atoms with van der Waals surface area (Å²) in [6.07, 6.45) is 3.51. The van der Waals surface area contributed by atoms with Crippen molar-refractivity contribution in [1.82, 2.24) is 9.97 Å². The Morgan fingerprint density at radius 1 is 1.20 bits per heavy atom. The number of aryl methyl sites for hydroxylation is 1. The third-order valence-electron chi connectivity index (χ3n) is 3.83. The molecule has 0 atom stereocenters. The molecule has 0 bridgehead atoms. The standard InChI is InChI=1S/C19H26N6/c1-6-12-20-19-23-17(15(4)18(24-19)25(5)22-7-2)21-13-16-11-9-8-10-14(16)3/h6-11H,1,12-13H2,2-5H3,(H2,20,21,23,24)/b22-7-. The average Bonchev–Trinajstić information content (AvgIpc) is 2.61. The summed E-state index contributed by atoms with van der Waals surface area (Å²) >= 11 is 0. The van der Waals surface area contributed by atoms with Gasteiger partial charge in [0.15, 0.2) is 5.82 Å². The molecule has 132 valence electrons. The van der Waals surface area contributed by atoms with Crippen molar-refractivity contribution in [1.29, 1.82) is 0 Å². The Morgan fingerprint density at radius 2 is 1.96 bits per heavy atom. The molecule has 0 unspecified atom stereocenters. The van der Waals surface area contributed by atoms with Crippen molar-refractivity contribution in [2.45, 2.75) is 27.3 Å². The van der Waals surface area contributed by atoms with E-state index in [0.717, 1.165) is 17.2 Å². The summed E-state index contributed by atoms with van der Waals surface area (Å²) in [6, 6.07) is 8.31. The number of rotatable bonds is 8. The smallest absolute Gasteiger partial charge is 0.226 e. The Bertz CT molecular complexity index is 754. The summed E-state index contributed by atoms with van der Waals surface area (Å²) < 4.78 is 0. The first-order valence-electron chi connectivity index (χ1n) is 8.31. The Hall–Kier alpha value is -2.89. The van der Waals surface area contributed by atoms with Gasteiger partial charge in [-0.1, -0.05) is 30.3 Å². The second-order valence-electron chi connectivity index (χ2n) is 5.69. The molecular formula is C19H26N6. The molecule has 0 radical (unpaired) electrons. The number of aromatic nitrogens is 2. The monoisotopic (exact) mass is 338 g/mol. The van der Waals surface area contributed by atoms with Crippen LogP contribution in [0.3, 0.4) is 0 Å². The fraction of sp³-hybridized carbons (Fsp3) is 0.316. The molecule has 0 saturated carbocycles. The highest BCUT2D eigenvalue weighted by Crippen LogP contribution is 2.25. The van der Waals surface area contributed by atoms with Gasteiger partial charge >= 0.3 is 0 Å². The predicted molar refractivity (Wildman–Crippen MR) is 107 cm³/mol. The predicted octanol–water partition coefficient (Wildman–Crippen LogP) is 3.75. The van der Waals surface area contributed by atoms with E-state index in [9.17, 15) is 0 Å². The molecule has 0 amide bonds. The van der Waals surface area contributed by atoms with E-state index in [-0.39, 0.29) is 0 Å². The zero-order valence-electron chi connectivity index (χ0n) is 15.4. The van der Waals surface area contributed by atoms with E-state index in [0.29, 0.717) is 19.0 Å². The van der Waals surface area contributed by atoms with E-state index in [1.165, 1.54) is 11.1 Å². The van der Waals surface area contributed by atoms with Gasteiger partial charge in [-0.3, -0.25) is 5.01 Å². The van der Waals surface area contributed by atoms with Crippen molar-refractivity contribution in [3.63, 3.8) is 0 Å². The highest BCUT2D eigenvalue weighted by Gasteiger charge is 2.14. The van der Waals surface area contributed by atoms with Gasteiger partial charge in [0.25, 0.3) is 0 Å². The second-order valence-corrected chi connectivity index (χ2v) is 5.69. The number of hydrazone groups is 1. The molecule has 0 saturated heterocycles. The first-order valence-corrected chi connectivity index (χ1v) is 8.31. The fourth-order valence-corrected chi connectivity index (χ4v) is 2.45. The molecule has 0 spiro atoms. The van der Waals surface area contributed by atoms with Crippen molar-refractivity contribution in [3.8, 4) is 0 Å². The van der Waals surface area contributed by atoms with Crippen molar-refractivity contribution in [3.05, 3.63) is 53.6 Å². The maximum absolute atomic E-state index is 4.60. The molecule has 1 heterocycles. The topological polar surface area (TPSA) is 65.4 Å². The normalized spacial score (nSPS) is 10.7. The highest BCUT2D eigenvalue weighted by molar-refractivity contribution is 5.63. The molecule has 0 aliphatic carbocycles. The van der Waals surface area contributed by atoms with Gasteiger partial charge in [0, 0.05) is 31.9 Å². The Balaban J connectivity index is 2.32. The van der Waals surface area contributed by atoms with E-state index < -0.39 is 0 Å². The van der Waals surface area contributed by atoms with Crippen LogP contribution >= 0.6 is 0 Å². The molecule has 0 aliphatic rings. The minimum atomic E-state index is 0.547. The van der Waals surface area contributed by atoms with Gasteiger partial charge in [0.1, 0.15) is 5.82 Å². The maximum atomic E-state index is 4.60. The SMILES string of the molecule is C=CCNc1nc(NCc2ccccc2C)c(C)c(N(C)/N=C\C)n1. The lowest BCUT2D eigenvalue weighted by molar-refractivity contribution is 0.945. The number of nitrogens with one attached hydrogen (secondary N) is 2. The van der Waals surface area contributed by atoms with Crippen LogP contribution in [-0.2, 0) is 6.54 Å². The van der Waals surface area contributed by atoms with E-state index in [2.05, 4.69) is 51.3 Å². The van der Waals surface area contributed by atoms with Crippen LogP contribution < -0.4 is 15.6 Å². The van der Waals surface area contributed by atoms with Crippen molar-refractivity contribution in [2.75, 3.05) is 29.2 Å². The number of hydrogen-bond donors (Lipinski definition) is 2. The van der Waals surface area contributed by atoms with E-state index in [4.69, 9.17) is 0 Å². The van der Waals surface area contributed by atoms with Crippen LogP contribution in [0, 0.1) is 13.8 Å². The van der Waals surface area contributed by atoms with Crippen molar-refractivity contribution >= 4 is 23.8 Å². The van der Waals surface area contributed by atoms with E-state index >= 15 is 0 Å². The molecule has 1 aromatic heterocycles. The highest BCUT2D eigenvalue weighted by atomic mass is 15.5. The third kappa shape index (κ3) is 4.79. The van der Waals surface area contributed by atoms with Crippen LogP contribution in [0.5, 0.6) is 0 Å². The zero-order valence-corrected chi connectivity index (χ0v) is 15.4. The van der Waals surface area contributed by atoms with Crippen molar-refractivity contribution < 1.29 is 0 Å². The molecule has 6 nitrogen and oxygen atoms in total. The molecule has 0 fully saturated rings. The summed E-state index contributed by atoms with van der Waals surface area (Å²) in [7, 11) is 1.87. The third-order valence-corrected chi connectivity index (χ3v) is 3.83. The van der Waals surface area contributed by atoms with Gasteiger partial charge in [0.2, 0.25) is 5.95 Å². The lowest BCUT2D eigenvalue weighted by Gasteiger charge is -2.19. The van der Waals surface area contributed by atoms with Gasteiger partial charge in [-0.05, 0) is 31.9 Å². The van der Waals surface area contributed by atoms with Crippen LogP contribution in [0.15, 0.2) is 42.0 Å². The molecule has 2 aromatic rings. The number of nitrogens with zero attached hydrogens (tertiary/aromatic N) is 4. The maximum Gasteiger partial charge on any atom is 0.226 e. The lowest BCUT2D eigenvalue weighted by atomic mass is 10.1. The molecular weight excluding hydrogens is 312 g/mol. The first-order chi connectivity index (χ1) is 12.1. The Labute approximate surface area is 149 Å². The summed E-state index contributed by atoms with van der Waals surface area (Å²) in [5.74, 6) is 2.09. The number of hydrogen-bond acceptors (Lipinski definition) is 6. The average molecular weight is 338 g/mol. The summed E-state index contributed by atoms with van der Waals surface area (Å²) in [6.45, 7) is 11.0. The number of benzene rings is 1. The Kier molecular flexibility index (Phi) is 6.51. The first kappa shape index (κ1) is 18.4. The van der Waals surface area contributed by atoms with Crippen LogP contribution in [-0.4, -0.2) is 29.8 Å². The van der Waals surface area contributed by atoms with Crippen LogP contribution in [0.1, 0.15) is 23.6 Å². The molecule has 1 aromatic carbocycles. The summed E-state index contributed by atoms with van der Waals surface area (Å²) in [5, 5.41) is 12.6. The molecule has 0 aliphatic heterocycles. The zero-order chi connectivity index (χ0) is 18.2. The van der Waals surface area contributed by atoms with Crippen molar-refractivity contribution in [2.24, 2.45) is 5.10 Å². The van der Waals surface area contributed by atoms with Gasteiger partial charge < -0.3 is 10.6 Å². The van der Waals surface area contributed by atoms with E-state index in [1.54, 1.807) is 17.3 Å². The Morgan fingerprint density at radius 3 is 2.64 bits per heavy atom. The summed E-state index contributed by atoms with van der Waals surface area (Å²) in [4.78, 5) is 9.16. The fourth-order valence-electron chi connectivity index (χ4n) is 2.45. The second kappa shape index (κ2) is 8.82. The van der Waals surface area contributed by atoms with Crippen LogP contribution in [0.2, 0.25) is 0 Å². The molecule has 2 rings (SSSR count). The largest absolute Gasteiger partial charge is 0.366 e. The number of anilines is 3. The van der Waals surface area contributed by atoms with Gasteiger partial charge in [-0.2, -0.15) is 15.1 Å². The molecule has 25 heavy (non-hydrogen) atoms. The van der Waals surface area contributed by atoms with Gasteiger partial charge in [0.05, 0.1) is 0 Å². The molecule has 2 N–H and O–H groups in total.